The van der Waals surface area contributed by atoms with Gasteiger partial charge in [0.1, 0.15) is 18.2 Å². The van der Waals surface area contributed by atoms with Crippen molar-refractivity contribution < 1.29 is 9.53 Å². The van der Waals surface area contributed by atoms with E-state index in [9.17, 15) is 4.79 Å². The van der Waals surface area contributed by atoms with Crippen LogP contribution in [0.5, 0.6) is 0 Å². The largest absolute Gasteiger partial charge is 0.383 e. The number of fused-ring (bicyclic) bond motifs is 1. The van der Waals surface area contributed by atoms with Crippen molar-refractivity contribution in [2.45, 2.75) is 6.73 Å². The molecular weight excluding hydrogens is 270 g/mol. The van der Waals surface area contributed by atoms with Crippen molar-refractivity contribution in [1.82, 2.24) is 19.3 Å². The molecule has 0 spiro atoms. The Hall–Kier alpha value is -2.67. The average Bonchev–Trinajstić information content (AvgIpc) is 3.01. The van der Waals surface area contributed by atoms with E-state index in [4.69, 9.17) is 10.5 Å². The number of nitrogens with zero attached hydrogens (tertiary/aromatic N) is 4. The van der Waals surface area contributed by atoms with E-state index >= 15 is 0 Å². The number of benzene rings is 1. The first-order valence-corrected chi connectivity index (χ1v) is 6.37. The van der Waals surface area contributed by atoms with Crippen LogP contribution in [0.2, 0.25) is 0 Å². The van der Waals surface area contributed by atoms with Gasteiger partial charge in [0, 0.05) is 19.7 Å². The summed E-state index contributed by atoms with van der Waals surface area (Å²) in [6.07, 6.45) is 2.46. The van der Waals surface area contributed by atoms with Crippen LogP contribution in [-0.4, -0.2) is 32.7 Å². The number of aldehydes is 1. The Labute approximate surface area is 120 Å². The summed E-state index contributed by atoms with van der Waals surface area (Å²) >= 11 is 0. The highest BCUT2D eigenvalue weighted by Gasteiger charge is 2.17. The summed E-state index contributed by atoms with van der Waals surface area (Å²) in [6.45, 7) is 0.193. The van der Waals surface area contributed by atoms with Crippen LogP contribution in [-0.2, 0) is 18.5 Å². The number of carbonyl (C=O) groups is 1. The number of carbonyl (C=O) groups excluding carboxylic acids is 1. The van der Waals surface area contributed by atoms with Crippen molar-refractivity contribution in [3.8, 4) is 11.3 Å². The number of nitrogens with two attached hydrogens (primary N) is 1. The van der Waals surface area contributed by atoms with Gasteiger partial charge in [-0.05, 0) is 12.1 Å². The van der Waals surface area contributed by atoms with Gasteiger partial charge in [-0.2, -0.15) is 5.10 Å². The predicted molar refractivity (Wildman–Crippen MR) is 78.7 cm³/mol. The highest BCUT2D eigenvalue weighted by Crippen LogP contribution is 2.28. The lowest BCUT2D eigenvalue weighted by Gasteiger charge is -2.00. The third kappa shape index (κ3) is 2.07. The fourth-order valence-corrected chi connectivity index (χ4v) is 2.32. The van der Waals surface area contributed by atoms with Crippen molar-refractivity contribution >= 4 is 23.1 Å². The Balaban J connectivity index is 2.17. The summed E-state index contributed by atoms with van der Waals surface area (Å²) in [5.41, 5.74) is 9.47. The summed E-state index contributed by atoms with van der Waals surface area (Å²) in [4.78, 5) is 15.6. The normalized spacial score (nSPS) is 11.1. The minimum Gasteiger partial charge on any atom is -0.383 e. The Morgan fingerprint density at radius 2 is 2.24 bits per heavy atom. The lowest BCUT2D eigenvalue weighted by Crippen LogP contribution is -2.06. The number of aryl methyl sites for hydroxylation is 1. The van der Waals surface area contributed by atoms with E-state index in [0.717, 1.165) is 16.6 Å². The Bertz CT molecular complexity index is 818. The topological polar surface area (TPSA) is 88.0 Å². The fraction of sp³-hybridized carbons (Fsp3) is 0.214. The van der Waals surface area contributed by atoms with Crippen LogP contribution < -0.4 is 5.73 Å². The van der Waals surface area contributed by atoms with Crippen molar-refractivity contribution in [2.75, 3.05) is 12.8 Å². The molecule has 0 bridgehead atoms. The number of imidazole rings is 1. The van der Waals surface area contributed by atoms with Crippen LogP contribution >= 0.6 is 0 Å². The number of rotatable bonds is 4. The molecule has 0 aliphatic rings. The standard InChI is InChI=1S/C14H15N5O2/c1-18-7-16-11-5-9(3-4-12(11)18)13-10(6-20)14(15)19(17-13)8-21-2/h3-7H,8,15H2,1-2H3. The van der Waals surface area contributed by atoms with Gasteiger partial charge < -0.3 is 15.0 Å². The SMILES string of the molecule is COCn1nc(-c2ccc3c(c2)ncn3C)c(C=O)c1N. The van der Waals surface area contributed by atoms with Crippen LogP contribution in [0.1, 0.15) is 10.4 Å². The van der Waals surface area contributed by atoms with E-state index < -0.39 is 0 Å². The van der Waals surface area contributed by atoms with Gasteiger partial charge in [0.15, 0.2) is 6.29 Å². The highest BCUT2D eigenvalue weighted by atomic mass is 16.5. The predicted octanol–water partition coefficient (Wildman–Crippen LogP) is 1.44. The van der Waals surface area contributed by atoms with Gasteiger partial charge in [0.05, 0.1) is 22.9 Å². The van der Waals surface area contributed by atoms with Gasteiger partial charge >= 0.3 is 0 Å². The van der Waals surface area contributed by atoms with Gasteiger partial charge in [-0.1, -0.05) is 6.07 Å². The molecule has 2 aromatic heterocycles. The summed E-state index contributed by atoms with van der Waals surface area (Å²) < 4.78 is 8.41. The van der Waals surface area contributed by atoms with Crippen molar-refractivity contribution in [1.29, 1.82) is 0 Å². The smallest absolute Gasteiger partial charge is 0.156 e. The number of ether oxygens (including phenoxy) is 1. The molecule has 1 aromatic carbocycles. The summed E-state index contributed by atoms with van der Waals surface area (Å²) in [7, 11) is 3.47. The second kappa shape index (κ2) is 5.02. The molecule has 0 saturated heterocycles. The van der Waals surface area contributed by atoms with Crippen LogP contribution in [0.3, 0.4) is 0 Å². The molecule has 0 aliphatic heterocycles. The molecule has 2 N–H and O–H groups in total. The lowest BCUT2D eigenvalue weighted by molar-refractivity contribution is 0.112. The molecule has 7 nitrogen and oxygen atoms in total. The van der Waals surface area contributed by atoms with E-state index in [0.29, 0.717) is 23.4 Å². The van der Waals surface area contributed by atoms with E-state index in [2.05, 4.69) is 10.1 Å². The molecule has 7 heteroatoms. The molecule has 3 rings (SSSR count). The number of anilines is 1. The maximum absolute atomic E-state index is 11.3. The number of aromatic nitrogens is 4. The average molecular weight is 285 g/mol. The second-order valence-corrected chi connectivity index (χ2v) is 4.74. The van der Waals surface area contributed by atoms with Crippen molar-refractivity contribution in [2.24, 2.45) is 7.05 Å². The summed E-state index contributed by atoms with van der Waals surface area (Å²) in [5, 5.41) is 4.36. The zero-order valence-corrected chi connectivity index (χ0v) is 11.8. The van der Waals surface area contributed by atoms with E-state index in [1.165, 1.54) is 4.68 Å². The van der Waals surface area contributed by atoms with Gasteiger partial charge in [-0.25, -0.2) is 9.67 Å². The maximum atomic E-state index is 11.3. The van der Waals surface area contributed by atoms with Crippen LogP contribution in [0.25, 0.3) is 22.3 Å². The zero-order valence-electron chi connectivity index (χ0n) is 11.8. The minimum atomic E-state index is 0.193. The molecule has 3 aromatic rings. The van der Waals surface area contributed by atoms with Gasteiger partial charge in [-0.3, -0.25) is 4.79 Å². The van der Waals surface area contributed by atoms with Gasteiger partial charge in [0.2, 0.25) is 0 Å². The van der Waals surface area contributed by atoms with Gasteiger partial charge in [0.25, 0.3) is 0 Å². The fourth-order valence-electron chi connectivity index (χ4n) is 2.32. The molecule has 108 valence electrons. The van der Waals surface area contributed by atoms with Crippen LogP contribution in [0, 0.1) is 0 Å². The van der Waals surface area contributed by atoms with Crippen molar-refractivity contribution in [3.05, 3.63) is 30.1 Å². The Kier molecular flexibility index (Phi) is 3.19. The first-order valence-electron chi connectivity index (χ1n) is 6.37. The highest BCUT2D eigenvalue weighted by molar-refractivity contribution is 5.93. The quantitative estimate of drug-likeness (QED) is 0.733. The monoisotopic (exact) mass is 285 g/mol. The van der Waals surface area contributed by atoms with Gasteiger partial charge in [-0.15, -0.1) is 0 Å². The number of hydrogen-bond acceptors (Lipinski definition) is 5. The first-order chi connectivity index (χ1) is 10.2. The third-order valence-electron chi connectivity index (χ3n) is 3.40. The molecule has 0 amide bonds. The lowest BCUT2D eigenvalue weighted by atomic mass is 10.1. The molecule has 0 saturated carbocycles. The van der Waals surface area contributed by atoms with E-state index in [-0.39, 0.29) is 6.73 Å². The molecule has 21 heavy (non-hydrogen) atoms. The molecule has 2 heterocycles. The molecule has 0 atom stereocenters. The third-order valence-corrected chi connectivity index (χ3v) is 3.40. The molecule has 0 unspecified atom stereocenters. The molecular formula is C14H15N5O2. The molecule has 0 fully saturated rings. The molecule has 0 radical (unpaired) electrons. The minimum absolute atomic E-state index is 0.193. The number of nitrogen functional groups attached to an aromatic ring is 1. The zero-order chi connectivity index (χ0) is 15.0. The van der Waals surface area contributed by atoms with Crippen LogP contribution in [0.4, 0.5) is 5.82 Å². The number of hydrogen-bond donors (Lipinski definition) is 1. The Morgan fingerprint density at radius 1 is 1.43 bits per heavy atom. The maximum Gasteiger partial charge on any atom is 0.156 e. The van der Waals surface area contributed by atoms with E-state index in [1.54, 1.807) is 13.4 Å². The van der Waals surface area contributed by atoms with Crippen LogP contribution in [0.15, 0.2) is 24.5 Å². The second-order valence-electron chi connectivity index (χ2n) is 4.74. The van der Waals surface area contributed by atoms with Crippen molar-refractivity contribution in [3.63, 3.8) is 0 Å². The van der Waals surface area contributed by atoms with E-state index in [1.807, 2.05) is 29.8 Å². The Morgan fingerprint density at radius 3 is 2.95 bits per heavy atom. The summed E-state index contributed by atoms with van der Waals surface area (Å²) in [5.74, 6) is 0.294. The molecule has 0 aliphatic carbocycles. The summed E-state index contributed by atoms with van der Waals surface area (Å²) in [6, 6.07) is 5.73. The number of methoxy groups -OCH3 is 1. The first kappa shape index (κ1) is 13.3.